The summed E-state index contributed by atoms with van der Waals surface area (Å²) in [7, 11) is -2.06. The highest BCUT2D eigenvalue weighted by Crippen LogP contribution is 2.26. The number of rotatable bonds is 6. The first-order chi connectivity index (χ1) is 8.36. The van der Waals surface area contributed by atoms with Crippen LogP contribution in [0.15, 0.2) is 18.2 Å². The molecule has 2 N–H and O–H groups in total. The normalized spacial score (nSPS) is 11.8. The quantitative estimate of drug-likeness (QED) is 0.791. The van der Waals surface area contributed by atoms with E-state index >= 15 is 0 Å². The molecule has 7 heteroatoms. The lowest BCUT2D eigenvalue weighted by Gasteiger charge is -2.18. The van der Waals surface area contributed by atoms with Crippen LogP contribution < -0.4 is 4.72 Å². The van der Waals surface area contributed by atoms with E-state index in [4.69, 9.17) is 11.6 Å². The Morgan fingerprint density at radius 3 is 2.67 bits per heavy atom. The number of nitrogens with zero attached hydrogens (tertiary/aromatic N) is 1. The lowest BCUT2D eigenvalue weighted by molar-refractivity contribution is 0.463. The van der Waals surface area contributed by atoms with Gasteiger partial charge in [0.15, 0.2) is 0 Å². The van der Waals surface area contributed by atoms with Crippen LogP contribution >= 0.6 is 11.6 Å². The van der Waals surface area contributed by atoms with Gasteiger partial charge in [0, 0.05) is 13.6 Å². The van der Waals surface area contributed by atoms with E-state index in [0.29, 0.717) is 12.2 Å². The standard InChI is InChI=1S/C11H17ClN2O3S/c1-3-4-7-14(2)18(16,17)13-9-5-6-11(15)10(12)8-9/h5-6,8,13,15H,3-4,7H2,1-2H3. The Morgan fingerprint density at radius 2 is 2.11 bits per heavy atom. The van der Waals surface area contributed by atoms with Crippen molar-refractivity contribution in [2.24, 2.45) is 0 Å². The van der Waals surface area contributed by atoms with E-state index in [2.05, 4.69) is 4.72 Å². The predicted octanol–water partition coefficient (Wildman–Crippen LogP) is 2.43. The summed E-state index contributed by atoms with van der Waals surface area (Å²) in [5.41, 5.74) is 0.321. The maximum atomic E-state index is 11.9. The van der Waals surface area contributed by atoms with Crippen LogP contribution in [0.5, 0.6) is 5.75 Å². The molecule has 0 spiro atoms. The van der Waals surface area contributed by atoms with Crippen molar-refractivity contribution in [3.8, 4) is 5.75 Å². The molecule has 0 saturated carbocycles. The zero-order valence-electron chi connectivity index (χ0n) is 10.4. The molecule has 102 valence electrons. The van der Waals surface area contributed by atoms with E-state index in [0.717, 1.165) is 12.8 Å². The summed E-state index contributed by atoms with van der Waals surface area (Å²) in [6, 6.07) is 4.15. The number of halogens is 1. The Morgan fingerprint density at radius 1 is 1.44 bits per heavy atom. The van der Waals surface area contributed by atoms with Crippen LogP contribution in [0.3, 0.4) is 0 Å². The number of unbranched alkanes of at least 4 members (excludes halogenated alkanes) is 1. The third-order valence-electron chi connectivity index (χ3n) is 2.43. The van der Waals surface area contributed by atoms with Crippen molar-refractivity contribution in [3.63, 3.8) is 0 Å². The molecule has 18 heavy (non-hydrogen) atoms. The molecule has 0 bridgehead atoms. The van der Waals surface area contributed by atoms with E-state index in [-0.39, 0.29) is 10.8 Å². The molecule has 0 fully saturated rings. The van der Waals surface area contributed by atoms with Gasteiger partial charge in [0.25, 0.3) is 0 Å². The van der Waals surface area contributed by atoms with Crippen LogP contribution in [0.1, 0.15) is 19.8 Å². The Kier molecular flexibility index (Phi) is 5.25. The number of hydrogen-bond donors (Lipinski definition) is 2. The number of nitrogens with one attached hydrogen (secondary N) is 1. The molecule has 0 aliphatic carbocycles. The lowest BCUT2D eigenvalue weighted by atomic mass is 10.3. The third kappa shape index (κ3) is 4.04. The highest BCUT2D eigenvalue weighted by Gasteiger charge is 2.17. The first-order valence-corrected chi connectivity index (χ1v) is 7.41. The number of aromatic hydroxyl groups is 1. The minimum Gasteiger partial charge on any atom is -0.506 e. The van der Waals surface area contributed by atoms with Gasteiger partial charge in [-0.15, -0.1) is 0 Å². The average Bonchev–Trinajstić information content (AvgIpc) is 2.30. The van der Waals surface area contributed by atoms with Crippen LogP contribution in [0.25, 0.3) is 0 Å². The highest BCUT2D eigenvalue weighted by molar-refractivity contribution is 7.90. The topological polar surface area (TPSA) is 69.6 Å². The van der Waals surface area contributed by atoms with Gasteiger partial charge in [-0.2, -0.15) is 12.7 Å². The SMILES string of the molecule is CCCCN(C)S(=O)(=O)Nc1ccc(O)c(Cl)c1. The predicted molar refractivity (Wildman–Crippen MR) is 73.2 cm³/mol. The molecular formula is C11H17ClN2O3S. The lowest BCUT2D eigenvalue weighted by Crippen LogP contribution is -2.33. The van der Waals surface area contributed by atoms with Crippen molar-refractivity contribution in [1.82, 2.24) is 4.31 Å². The van der Waals surface area contributed by atoms with E-state index in [1.54, 1.807) is 0 Å². The second-order valence-electron chi connectivity index (χ2n) is 3.95. The number of phenols is 1. The molecule has 0 atom stereocenters. The summed E-state index contributed by atoms with van der Waals surface area (Å²) in [5, 5.41) is 9.35. The van der Waals surface area contributed by atoms with Crippen LogP contribution in [-0.4, -0.2) is 31.4 Å². The van der Waals surface area contributed by atoms with Crippen molar-refractivity contribution in [1.29, 1.82) is 0 Å². The van der Waals surface area contributed by atoms with E-state index in [9.17, 15) is 13.5 Å². The molecule has 0 aliphatic heterocycles. The molecular weight excluding hydrogens is 276 g/mol. The second kappa shape index (κ2) is 6.26. The fraction of sp³-hybridized carbons (Fsp3) is 0.455. The number of hydrogen-bond acceptors (Lipinski definition) is 3. The van der Waals surface area contributed by atoms with Gasteiger partial charge >= 0.3 is 10.2 Å². The van der Waals surface area contributed by atoms with Gasteiger partial charge in [-0.1, -0.05) is 24.9 Å². The van der Waals surface area contributed by atoms with Gasteiger partial charge in [0.2, 0.25) is 0 Å². The molecule has 1 rings (SSSR count). The summed E-state index contributed by atoms with van der Waals surface area (Å²) in [6.07, 6.45) is 1.72. The summed E-state index contributed by atoms with van der Waals surface area (Å²) < 4.78 is 27.5. The summed E-state index contributed by atoms with van der Waals surface area (Å²) in [5.74, 6) is -0.0843. The minimum absolute atomic E-state index is 0.0843. The summed E-state index contributed by atoms with van der Waals surface area (Å²) in [4.78, 5) is 0. The van der Waals surface area contributed by atoms with Crippen LogP contribution in [0, 0.1) is 0 Å². The average molecular weight is 293 g/mol. The highest BCUT2D eigenvalue weighted by atomic mass is 35.5. The Labute approximate surface area is 113 Å². The maximum absolute atomic E-state index is 11.9. The summed E-state index contributed by atoms with van der Waals surface area (Å²) >= 11 is 5.71. The molecule has 0 amide bonds. The van der Waals surface area contributed by atoms with Gasteiger partial charge < -0.3 is 5.11 Å². The Bertz CT molecular complexity index is 505. The molecule has 0 saturated heterocycles. The Balaban J connectivity index is 2.78. The van der Waals surface area contributed by atoms with Crippen molar-refractivity contribution < 1.29 is 13.5 Å². The zero-order valence-corrected chi connectivity index (χ0v) is 11.9. The number of anilines is 1. The first kappa shape index (κ1) is 15.1. The largest absolute Gasteiger partial charge is 0.506 e. The molecule has 1 aromatic carbocycles. The monoisotopic (exact) mass is 292 g/mol. The van der Waals surface area contributed by atoms with E-state index in [1.807, 2.05) is 6.92 Å². The second-order valence-corrected chi connectivity index (χ2v) is 6.13. The maximum Gasteiger partial charge on any atom is 0.301 e. The third-order valence-corrected chi connectivity index (χ3v) is 4.23. The molecule has 0 heterocycles. The molecule has 0 aliphatic rings. The molecule has 5 nitrogen and oxygen atoms in total. The first-order valence-electron chi connectivity index (χ1n) is 5.59. The van der Waals surface area contributed by atoms with E-state index < -0.39 is 10.2 Å². The van der Waals surface area contributed by atoms with Crippen molar-refractivity contribution in [2.75, 3.05) is 18.3 Å². The van der Waals surface area contributed by atoms with Crippen molar-refractivity contribution in [3.05, 3.63) is 23.2 Å². The van der Waals surface area contributed by atoms with Gasteiger partial charge in [0.1, 0.15) is 5.75 Å². The van der Waals surface area contributed by atoms with Gasteiger partial charge in [-0.3, -0.25) is 4.72 Å². The van der Waals surface area contributed by atoms with Crippen LogP contribution in [-0.2, 0) is 10.2 Å². The van der Waals surface area contributed by atoms with Crippen LogP contribution in [0.4, 0.5) is 5.69 Å². The smallest absolute Gasteiger partial charge is 0.301 e. The van der Waals surface area contributed by atoms with Gasteiger partial charge in [0.05, 0.1) is 10.7 Å². The number of benzene rings is 1. The van der Waals surface area contributed by atoms with Gasteiger partial charge in [-0.25, -0.2) is 0 Å². The van der Waals surface area contributed by atoms with Gasteiger partial charge in [-0.05, 0) is 24.6 Å². The van der Waals surface area contributed by atoms with Crippen molar-refractivity contribution >= 4 is 27.5 Å². The number of phenolic OH excluding ortho intramolecular Hbond substituents is 1. The van der Waals surface area contributed by atoms with Crippen LogP contribution in [0.2, 0.25) is 5.02 Å². The molecule has 0 aromatic heterocycles. The Hall–Kier alpha value is -0.980. The zero-order chi connectivity index (χ0) is 13.8. The fourth-order valence-electron chi connectivity index (χ4n) is 1.30. The molecule has 0 unspecified atom stereocenters. The van der Waals surface area contributed by atoms with E-state index in [1.165, 1.54) is 29.6 Å². The summed E-state index contributed by atoms with van der Waals surface area (Å²) in [6.45, 7) is 2.45. The molecule has 1 aromatic rings. The minimum atomic E-state index is -3.57. The van der Waals surface area contributed by atoms with Crippen molar-refractivity contribution in [2.45, 2.75) is 19.8 Å². The fourth-order valence-corrected chi connectivity index (χ4v) is 2.43. The molecule has 0 radical (unpaired) electrons.